The molecule has 3 rings (SSSR count). The van der Waals surface area contributed by atoms with Crippen LogP contribution in [0, 0.1) is 17.1 Å². The van der Waals surface area contributed by atoms with E-state index < -0.39 is 11.9 Å². The standard InChI is InChI=1S/C17H16FN3O2/c18-14-5-1-6-15(13(14)10-19)21-8-2-7-16(21)17(22)20-11-12-4-3-9-23-12/h1,3-6,9,16H,2,7-8,11H2,(H,20,22)/t16-/m1/s1. The maximum Gasteiger partial charge on any atom is 0.243 e. The Hall–Kier alpha value is -2.81. The van der Waals surface area contributed by atoms with E-state index >= 15 is 0 Å². The summed E-state index contributed by atoms with van der Waals surface area (Å²) in [6.45, 7) is 0.932. The third-order valence-corrected chi connectivity index (χ3v) is 3.99. The highest BCUT2D eigenvalue weighted by atomic mass is 19.1. The van der Waals surface area contributed by atoms with Crippen LogP contribution in [0.15, 0.2) is 41.0 Å². The summed E-state index contributed by atoms with van der Waals surface area (Å²) >= 11 is 0. The normalized spacial score (nSPS) is 17.0. The Morgan fingerprint density at radius 3 is 3.04 bits per heavy atom. The molecule has 0 bridgehead atoms. The first-order valence-electron chi connectivity index (χ1n) is 7.46. The molecule has 5 nitrogen and oxygen atoms in total. The van der Waals surface area contributed by atoms with Crippen molar-refractivity contribution in [3.8, 4) is 6.07 Å². The molecule has 1 aromatic carbocycles. The second-order valence-corrected chi connectivity index (χ2v) is 5.39. The van der Waals surface area contributed by atoms with E-state index in [0.29, 0.717) is 31.0 Å². The summed E-state index contributed by atoms with van der Waals surface area (Å²) < 4.78 is 19.0. The molecule has 6 heteroatoms. The van der Waals surface area contributed by atoms with Crippen LogP contribution in [0.1, 0.15) is 24.2 Å². The molecule has 1 saturated heterocycles. The number of nitriles is 1. The van der Waals surface area contributed by atoms with Gasteiger partial charge in [-0.25, -0.2) is 4.39 Å². The third kappa shape index (κ3) is 3.04. The molecular formula is C17H16FN3O2. The summed E-state index contributed by atoms with van der Waals surface area (Å²) in [5, 5.41) is 12.0. The number of carbonyl (C=O) groups is 1. The molecular weight excluding hydrogens is 297 g/mol. The van der Waals surface area contributed by atoms with Crippen molar-refractivity contribution < 1.29 is 13.6 Å². The maximum atomic E-state index is 13.8. The average molecular weight is 313 g/mol. The predicted octanol–water partition coefficient (Wildman–Crippen LogP) is 2.58. The van der Waals surface area contributed by atoms with Gasteiger partial charge in [-0.2, -0.15) is 5.26 Å². The highest BCUT2D eigenvalue weighted by molar-refractivity contribution is 5.86. The lowest BCUT2D eigenvalue weighted by atomic mass is 10.1. The summed E-state index contributed by atoms with van der Waals surface area (Å²) in [6, 6.07) is 9.52. The van der Waals surface area contributed by atoms with E-state index in [-0.39, 0.29) is 11.5 Å². The first-order valence-corrected chi connectivity index (χ1v) is 7.46. The molecule has 0 unspecified atom stereocenters. The van der Waals surface area contributed by atoms with Gasteiger partial charge in [0, 0.05) is 6.54 Å². The Kier molecular flexibility index (Phi) is 4.29. The maximum absolute atomic E-state index is 13.8. The lowest BCUT2D eigenvalue weighted by Gasteiger charge is -2.26. The number of rotatable bonds is 4. The van der Waals surface area contributed by atoms with Crippen LogP contribution < -0.4 is 10.2 Å². The van der Waals surface area contributed by atoms with Crippen molar-refractivity contribution in [2.24, 2.45) is 0 Å². The van der Waals surface area contributed by atoms with Crippen LogP contribution in [0.5, 0.6) is 0 Å². The zero-order valence-electron chi connectivity index (χ0n) is 12.5. The van der Waals surface area contributed by atoms with E-state index in [1.165, 1.54) is 6.07 Å². The molecule has 1 fully saturated rings. The first-order chi connectivity index (χ1) is 11.2. The minimum Gasteiger partial charge on any atom is -0.467 e. The number of benzene rings is 1. The van der Waals surface area contributed by atoms with Gasteiger partial charge in [0.05, 0.1) is 18.5 Å². The molecule has 0 aliphatic carbocycles. The van der Waals surface area contributed by atoms with Crippen LogP contribution in [0.2, 0.25) is 0 Å². The number of anilines is 1. The smallest absolute Gasteiger partial charge is 0.243 e. The van der Waals surface area contributed by atoms with Gasteiger partial charge in [-0.15, -0.1) is 0 Å². The molecule has 23 heavy (non-hydrogen) atoms. The number of nitrogens with one attached hydrogen (secondary N) is 1. The molecule has 0 spiro atoms. The lowest BCUT2D eigenvalue weighted by molar-refractivity contribution is -0.122. The molecule has 118 valence electrons. The van der Waals surface area contributed by atoms with Gasteiger partial charge in [-0.3, -0.25) is 4.79 Å². The molecule has 1 aliphatic rings. The van der Waals surface area contributed by atoms with Crippen molar-refractivity contribution in [3.05, 3.63) is 53.7 Å². The first kappa shape index (κ1) is 15.1. The zero-order chi connectivity index (χ0) is 16.2. The van der Waals surface area contributed by atoms with Gasteiger partial charge in [0.1, 0.15) is 29.3 Å². The van der Waals surface area contributed by atoms with E-state index in [2.05, 4.69) is 5.32 Å². The van der Waals surface area contributed by atoms with Gasteiger partial charge in [0.25, 0.3) is 0 Å². The summed E-state index contributed by atoms with van der Waals surface area (Å²) in [6.07, 6.45) is 3.04. The molecule has 1 amide bonds. The Bertz CT molecular complexity index is 737. The summed E-state index contributed by atoms with van der Waals surface area (Å²) in [5.41, 5.74) is 0.460. The minimum atomic E-state index is -0.563. The Labute approximate surface area is 133 Å². The van der Waals surface area contributed by atoms with E-state index in [0.717, 1.165) is 6.42 Å². The van der Waals surface area contributed by atoms with Gasteiger partial charge >= 0.3 is 0 Å². The van der Waals surface area contributed by atoms with Crippen LogP contribution in [0.3, 0.4) is 0 Å². The number of amides is 1. The fourth-order valence-corrected chi connectivity index (χ4v) is 2.90. The topological polar surface area (TPSA) is 69.3 Å². The highest BCUT2D eigenvalue weighted by Crippen LogP contribution is 2.29. The largest absolute Gasteiger partial charge is 0.467 e. The second kappa shape index (κ2) is 6.53. The molecule has 1 aromatic heterocycles. The van der Waals surface area contributed by atoms with Crippen molar-refractivity contribution in [1.29, 1.82) is 5.26 Å². The number of furan rings is 1. The predicted molar refractivity (Wildman–Crippen MR) is 82.0 cm³/mol. The second-order valence-electron chi connectivity index (χ2n) is 5.39. The fourth-order valence-electron chi connectivity index (χ4n) is 2.90. The number of halogens is 1. The molecule has 1 atom stereocenters. The summed E-state index contributed by atoms with van der Waals surface area (Å²) in [4.78, 5) is 14.2. The van der Waals surface area contributed by atoms with Gasteiger partial charge in [0.15, 0.2) is 0 Å². The molecule has 1 aliphatic heterocycles. The van der Waals surface area contributed by atoms with E-state index in [9.17, 15) is 14.4 Å². The van der Waals surface area contributed by atoms with Crippen LogP contribution in [-0.2, 0) is 11.3 Å². The Morgan fingerprint density at radius 2 is 2.30 bits per heavy atom. The van der Waals surface area contributed by atoms with Crippen molar-refractivity contribution in [3.63, 3.8) is 0 Å². The van der Waals surface area contributed by atoms with E-state index in [4.69, 9.17) is 4.42 Å². The Balaban J connectivity index is 1.76. The summed E-state index contributed by atoms with van der Waals surface area (Å²) in [7, 11) is 0. The van der Waals surface area contributed by atoms with Gasteiger partial charge < -0.3 is 14.6 Å². The quantitative estimate of drug-likeness (QED) is 0.942. The van der Waals surface area contributed by atoms with Crippen molar-refractivity contribution in [1.82, 2.24) is 5.32 Å². The number of hydrogen-bond acceptors (Lipinski definition) is 4. The monoisotopic (exact) mass is 313 g/mol. The Morgan fingerprint density at radius 1 is 1.43 bits per heavy atom. The van der Waals surface area contributed by atoms with E-state index in [1.807, 2.05) is 6.07 Å². The zero-order valence-corrected chi connectivity index (χ0v) is 12.5. The van der Waals surface area contributed by atoms with Gasteiger partial charge in [0.2, 0.25) is 5.91 Å². The van der Waals surface area contributed by atoms with Crippen molar-refractivity contribution >= 4 is 11.6 Å². The molecule has 0 saturated carbocycles. The minimum absolute atomic E-state index is 0.0155. The highest BCUT2D eigenvalue weighted by Gasteiger charge is 2.32. The van der Waals surface area contributed by atoms with Crippen molar-refractivity contribution in [2.45, 2.75) is 25.4 Å². The van der Waals surface area contributed by atoms with Gasteiger partial charge in [-0.05, 0) is 37.1 Å². The molecule has 1 N–H and O–H groups in total. The fraction of sp³-hybridized carbons (Fsp3) is 0.294. The number of carbonyl (C=O) groups excluding carboxylic acids is 1. The van der Waals surface area contributed by atoms with Gasteiger partial charge in [-0.1, -0.05) is 6.07 Å². The molecule has 2 heterocycles. The van der Waals surface area contributed by atoms with Crippen LogP contribution in [0.25, 0.3) is 0 Å². The number of hydrogen-bond donors (Lipinski definition) is 1. The number of nitrogens with zero attached hydrogens (tertiary/aromatic N) is 2. The SMILES string of the molecule is N#Cc1c(F)cccc1N1CCC[C@@H]1C(=O)NCc1ccco1. The molecule has 0 radical (unpaired) electrons. The lowest BCUT2D eigenvalue weighted by Crippen LogP contribution is -2.43. The average Bonchev–Trinajstić information content (AvgIpc) is 3.23. The van der Waals surface area contributed by atoms with Crippen molar-refractivity contribution in [2.75, 3.05) is 11.4 Å². The van der Waals surface area contributed by atoms with Crippen LogP contribution >= 0.6 is 0 Å². The molecule has 2 aromatic rings. The van der Waals surface area contributed by atoms with Crippen LogP contribution in [0.4, 0.5) is 10.1 Å². The third-order valence-electron chi connectivity index (χ3n) is 3.99. The summed E-state index contributed by atoms with van der Waals surface area (Å²) in [5.74, 6) is -0.0370. The van der Waals surface area contributed by atoms with E-state index in [1.54, 1.807) is 35.4 Å². The van der Waals surface area contributed by atoms with Crippen LogP contribution in [-0.4, -0.2) is 18.5 Å².